The Hall–Kier alpha value is -0.750. The summed E-state index contributed by atoms with van der Waals surface area (Å²) in [5.41, 5.74) is 0. The van der Waals surface area contributed by atoms with Gasteiger partial charge in [0.2, 0.25) is 5.91 Å². The van der Waals surface area contributed by atoms with E-state index >= 15 is 0 Å². The number of hydrogen-bond donors (Lipinski definition) is 1. The van der Waals surface area contributed by atoms with Crippen LogP contribution in [0.25, 0.3) is 0 Å². The first-order valence-electron chi connectivity index (χ1n) is 7.51. The van der Waals surface area contributed by atoms with E-state index in [0.717, 1.165) is 52.0 Å². The van der Waals surface area contributed by atoms with Crippen molar-refractivity contribution >= 4 is 5.91 Å². The second-order valence-electron chi connectivity index (χ2n) is 5.79. The third-order valence-electron chi connectivity index (χ3n) is 4.16. The van der Waals surface area contributed by atoms with Crippen LogP contribution in [0.5, 0.6) is 0 Å². The molecule has 6 heteroatoms. The van der Waals surface area contributed by atoms with Crippen LogP contribution in [0.3, 0.4) is 0 Å². The summed E-state index contributed by atoms with van der Waals surface area (Å²) < 4.78 is 29.6. The zero-order valence-electron chi connectivity index (χ0n) is 11.8. The minimum absolute atomic E-state index is 0.137. The molecule has 4 nitrogen and oxygen atoms in total. The average Bonchev–Trinajstić information content (AvgIpc) is 2.46. The van der Waals surface area contributed by atoms with Gasteiger partial charge in [0, 0.05) is 26.3 Å². The molecule has 2 rings (SSSR count). The molecule has 0 spiro atoms. The molecule has 2 fully saturated rings. The van der Waals surface area contributed by atoms with Crippen molar-refractivity contribution in [3.05, 3.63) is 0 Å². The lowest BCUT2D eigenvalue weighted by Crippen LogP contribution is -2.45. The number of amides is 1. The smallest absolute Gasteiger partial charge is 0.255 e. The first kappa shape index (κ1) is 15.6. The molecule has 1 atom stereocenters. The second kappa shape index (κ2) is 7.88. The largest absolute Gasteiger partial charge is 0.381 e. The molecule has 2 saturated heterocycles. The van der Waals surface area contributed by atoms with Gasteiger partial charge in [-0.05, 0) is 38.1 Å². The van der Waals surface area contributed by atoms with Crippen molar-refractivity contribution < 1.29 is 18.3 Å². The molecule has 0 saturated carbocycles. The molecule has 2 aliphatic heterocycles. The van der Waals surface area contributed by atoms with Crippen LogP contribution < -0.4 is 5.32 Å². The van der Waals surface area contributed by atoms with Crippen LogP contribution in [0.2, 0.25) is 0 Å². The summed E-state index contributed by atoms with van der Waals surface area (Å²) >= 11 is 0. The number of carbonyl (C=O) groups is 1. The molecule has 2 heterocycles. The molecule has 1 unspecified atom stereocenters. The lowest BCUT2D eigenvalue weighted by molar-refractivity contribution is -0.127. The van der Waals surface area contributed by atoms with Gasteiger partial charge in [0.05, 0.1) is 12.5 Å². The summed E-state index contributed by atoms with van der Waals surface area (Å²) in [6.45, 7) is 3.84. The van der Waals surface area contributed by atoms with Gasteiger partial charge in [0.25, 0.3) is 6.43 Å². The van der Waals surface area contributed by atoms with Crippen LogP contribution in [0, 0.1) is 11.8 Å². The monoisotopic (exact) mass is 290 g/mol. The number of piperidine rings is 1. The Labute approximate surface area is 118 Å². The fourth-order valence-corrected chi connectivity index (χ4v) is 3.05. The zero-order valence-corrected chi connectivity index (χ0v) is 11.8. The molecule has 116 valence electrons. The average molecular weight is 290 g/mol. The van der Waals surface area contributed by atoms with Crippen LogP contribution in [0.1, 0.15) is 25.7 Å². The number of halogens is 2. The standard InChI is InChI=1S/C14H24F2N2O2/c15-13(16)8-17-14(19)12-2-1-5-18(10-12)9-11-3-6-20-7-4-11/h11-13H,1-10H2,(H,17,19). The maximum absolute atomic E-state index is 12.1. The van der Waals surface area contributed by atoms with E-state index in [2.05, 4.69) is 10.2 Å². The van der Waals surface area contributed by atoms with E-state index in [9.17, 15) is 13.6 Å². The predicted molar refractivity (Wildman–Crippen MR) is 71.7 cm³/mol. The highest BCUT2D eigenvalue weighted by Crippen LogP contribution is 2.21. The van der Waals surface area contributed by atoms with Gasteiger partial charge >= 0.3 is 0 Å². The highest BCUT2D eigenvalue weighted by Gasteiger charge is 2.27. The zero-order chi connectivity index (χ0) is 14.4. The van der Waals surface area contributed by atoms with E-state index in [1.54, 1.807) is 0 Å². The maximum Gasteiger partial charge on any atom is 0.255 e. The number of alkyl halides is 2. The SMILES string of the molecule is O=C(NCC(F)F)C1CCCN(CC2CCOCC2)C1. The summed E-state index contributed by atoms with van der Waals surface area (Å²) in [7, 11) is 0. The highest BCUT2D eigenvalue weighted by molar-refractivity contribution is 5.78. The van der Waals surface area contributed by atoms with Crippen molar-refractivity contribution in [3.63, 3.8) is 0 Å². The van der Waals surface area contributed by atoms with Gasteiger partial charge in [-0.3, -0.25) is 4.79 Å². The summed E-state index contributed by atoms with van der Waals surface area (Å²) in [5, 5.41) is 2.34. The summed E-state index contributed by atoms with van der Waals surface area (Å²) in [5.74, 6) is 0.288. The molecule has 0 bridgehead atoms. The number of nitrogens with one attached hydrogen (secondary N) is 1. The van der Waals surface area contributed by atoms with E-state index in [1.165, 1.54) is 0 Å². The molecule has 2 aliphatic rings. The second-order valence-corrected chi connectivity index (χ2v) is 5.79. The highest BCUT2D eigenvalue weighted by atomic mass is 19.3. The Bertz CT molecular complexity index is 310. The van der Waals surface area contributed by atoms with E-state index in [0.29, 0.717) is 12.5 Å². The molecule has 0 aromatic rings. The van der Waals surface area contributed by atoms with E-state index in [4.69, 9.17) is 4.74 Å². The fraction of sp³-hybridized carbons (Fsp3) is 0.929. The number of ether oxygens (including phenoxy) is 1. The van der Waals surface area contributed by atoms with Crippen LogP contribution in [-0.4, -0.2) is 56.6 Å². The van der Waals surface area contributed by atoms with Gasteiger partial charge in [-0.1, -0.05) is 0 Å². The minimum atomic E-state index is -2.47. The number of carbonyl (C=O) groups excluding carboxylic acids is 1. The number of likely N-dealkylation sites (tertiary alicyclic amines) is 1. The van der Waals surface area contributed by atoms with Crippen LogP contribution >= 0.6 is 0 Å². The Morgan fingerprint density at radius 1 is 1.30 bits per heavy atom. The first-order valence-corrected chi connectivity index (χ1v) is 7.51. The van der Waals surface area contributed by atoms with Gasteiger partial charge in [0.15, 0.2) is 0 Å². The lowest BCUT2D eigenvalue weighted by atomic mass is 9.94. The lowest BCUT2D eigenvalue weighted by Gasteiger charge is -2.35. The third-order valence-corrected chi connectivity index (χ3v) is 4.16. The van der Waals surface area contributed by atoms with Crippen LogP contribution in [-0.2, 0) is 9.53 Å². The Balaban J connectivity index is 1.74. The molecule has 0 radical (unpaired) electrons. The molecule has 1 amide bonds. The summed E-state index contributed by atoms with van der Waals surface area (Å²) in [6, 6.07) is 0. The molecular formula is C14H24F2N2O2. The molecule has 0 aromatic heterocycles. The van der Waals surface area contributed by atoms with Gasteiger partial charge in [-0.25, -0.2) is 8.78 Å². The molecule has 0 aromatic carbocycles. The predicted octanol–water partition coefficient (Wildman–Crippen LogP) is 1.51. The normalized spacial score (nSPS) is 25.9. The topological polar surface area (TPSA) is 41.6 Å². The van der Waals surface area contributed by atoms with E-state index in [-0.39, 0.29) is 11.8 Å². The number of rotatable bonds is 5. The van der Waals surface area contributed by atoms with E-state index in [1.807, 2.05) is 0 Å². The van der Waals surface area contributed by atoms with Crippen LogP contribution in [0.4, 0.5) is 8.78 Å². The van der Waals surface area contributed by atoms with Gasteiger partial charge in [0.1, 0.15) is 0 Å². The summed E-state index contributed by atoms with van der Waals surface area (Å²) in [4.78, 5) is 14.2. The molecule has 20 heavy (non-hydrogen) atoms. The van der Waals surface area contributed by atoms with Crippen molar-refractivity contribution in [1.82, 2.24) is 10.2 Å². The number of hydrogen-bond acceptors (Lipinski definition) is 3. The van der Waals surface area contributed by atoms with Crippen molar-refractivity contribution in [1.29, 1.82) is 0 Å². The third kappa shape index (κ3) is 4.98. The maximum atomic E-state index is 12.1. The molecule has 0 aliphatic carbocycles. The summed E-state index contributed by atoms with van der Waals surface area (Å²) in [6.07, 6.45) is 1.47. The van der Waals surface area contributed by atoms with Crippen molar-refractivity contribution in [2.75, 3.05) is 39.4 Å². The fourth-order valence-electron chi connectivity index (χ4n) is 3.05. The van der Waals surface area contributed by atoms with E-state index < -0.39 is 13.0 Å². The van der Waals surface area contributed by atoms with Crippen molar-refractivity contribution in [2.24, 2.45) is 11.8 Å². The van der Waals surface area contributed by atoms with Crippen molar-refractivity contribution in [2.45, 2.75) is 32.1 Å². The van der Waals surface area contributed by atoms with Gasteiger partial charge in [-0.2, -0.15) is 0 Å². The Morgan fingerprint density at radius 2 is 2.05 bits per heavy atom. The number of nitrogens with zero attached hydrogens (tertiary/aromatic N) is 1. The first-order chi connectivity index (χ1) is 9.65. The van der Waals surface area contributed by atoms with Crippen LogP contribution in [0.15, 0.2) is 0 Å². The molecule has 1 N–H and O–H groups in total. The van der Waals surface area contributed by atoms with Gasteiger partial charge < -0.3 is 15.0 Å². The minimum Gasteiger partial charge on any atom is -0.381 e. The van der Waals surface area contributed by atoms with Crippen molar-refractivity contribution in [3.8, 4) is 0 Å². The molecular weight excluding hydrogens is 266 g/mol. The van der Waals surface area contributed by atoms with Gasteiger partial charge in [-0.15, -0.1) is 0 Å². The Kier molecular flexibility index (Phi) is 6.16. The Morgan fingerprint density at radius 3 is 2.75 bits per heavy atom. The quantitative estimate of drug-likeness (QED) is 0.834.